The molecule has 3 nitrogen and oxygen atoms in total. The number of nitrogens with zero attached hydrogens (tertiary/aromatic N) is 3. The van der Waals surface area contributed by atoms with Gasteiger partial charge in [0.25, 0.3) is 0 Å². The Bertz CT molecular complexity index is 753. The minimum Gasteiger partial charge on any atom is -0.324 e. The molecule has 5 heteroatoms. The standard InChI is InChI=1S/C15H13BrClN3/c1-2-11-13(16)12-14(17)18-9-19-15(12)20(11)8-10-6-4-3-5-7-10/h3-7,9H,2,8H2,1H3. The Kier molecular flexibility index (Phi) is 3.76. The molecule has 0 aliphatic rings. The molecule has 3 aromatic rings. The molecular formula is C15H13BrClN3. The van der Waals surface area contributed by atoms with Crippen LogP contribution in [0, 0.1) is 0 Å². The molecule has 0 radical (unpaired) electrons. The average molecular weight is 351 g/mol. The van der Waals surface area contributed by atoms with Gasteiger partial charge >= 0.3 is 0 Å². The van der Waals surface area contributed by atoms with Crippen LogP contribution in [0.15, 0.2) is 41.1 Å². The van der Waals surface area contributed by atoms with Gasteiger partial charge in [-0.05, 0) is 27.9 Å². The van der Waals surface area contributed by atoms with Crippen LogP contribution in [0.1, 0.15) is 18.2 Å². The molecule has 102 valence electrons. The molecule has 2 aromatic heterocycles. The largest absolute Gasteiger partial charge is 0.324 e. The van der Waals surface area contributed by atoms with Gasteiger partial charge in [0.1, 0.15) is 17.1 Å². The minimum absolute atomic E-state index is 0.489. The molecule has 2 heterocycles. The van der Waals surface area contributed by atoms with Crippen molar-refractivity contribution in [3.8, 4) is 0 Å². The van der Waals surface area contributed by atoms with Crippen LogP contribution in [0.3, 0.4) is 0 Å². The van der Waals surface area contributed by atoms with E-state index < -0.39 is 0 Å². The predicted molar refractivity (Wildman–Crippen MR) is 85.2 cm³/mol. The average Bonchev–Trinajstić information content (AvgIpc) is 2.74. The molecule has 0 aliphatic heterocycles. The fraction of sp³-hybridized carbons (Fsp3) is 0.200. The van der Waals surface area contributed by atoms with E-state index in [4.69, 9.17) is 11.6 Å². The first-order valence-electron chi connectivity index (χ1n) is 6.43. The summed E-state index contributed by atoms with van der Waals surface area (Å²) in [6.45, 7) is 2.90. The van der Waals surface area contributed by atoms with Crippen LogP contribution < -0.4 is 0 Å². The van der Waals surface area contributed by atoms with Crippen molar-refractivity contribution < 1.29 is 0 Å². The van der Waals surface area contributed by atoms with Gasteiger partial charge in [-0.25, -0.2) is 9.97 Å². The molecule has 3 rings (SSSR count). The Labute approximate surface area is 130 Å². The van der Waals surface area contributed by atoms with E-state index in [1.807, 2.05) is 18.2 Å². The van der Waals surface area contributed by atoms with Crippen LogP contribution in [0.5, 0.6) is 0 Å². The van der Waals surface area contributed by atoms with E-state index in [0.717, 1.165) is 28.5 Å². The fourth-order valence-electron chi connectivity index (χ4n) is 2.42. The minimum atomic E-state index is 0.489. The highest BCUT2D eigenvalue weighted by molar-refractivity contribution is 9.10. The molecule has 0 amide bonds. The summed E-state index contributed by atoms with van der Waals surface area (Å²) in [5.41, 5.74) is 3.30. The lowest BCUT2D eigenvalue weighted by Crippen LogP contribution is -2.04. The molecule has 0 aliphatic carbocycles. The van der Waals surface area contributed by atoms with Gasteiger partial charge in [0.05, 0.1) is 9.86 Å². The quantitative estimate of drug-likeness (QED) is 0.653. The molecule has 0 fully saturated rings. The van der Waals surface area contributed by atoms with Crippen LogP contribution in [0.4, 0.5) is 0 Å². The van der Waals surface area contributed by atoms with Crippen molar-refractivity contribution in [2.45, 2.75) is 19.9 Å². The highest BCUT2D eigenvalue weighted by atomic mass is 79.9. The lowest BCUT2D eigenvalue weighted by Gasteiger charge is -2.09. The summed E-state index contributed by atoms with van der Waals surface area (Å²) in [6.07, 6.45) is 2.41. The Hall–Kier alpha value is -1.39. The topological polar surface area (TPSA) is 30.7 Å². The SMILES string of the molecule is CCc1c(Br)c2c(Cl)ncnc2n1Cc1ccccc1. The Morgan fingerprint density at radius 3 is 2.65 bits per heavy atom. The van der Waals surface area contributed by atoms with E-state index in [-0.39, 0.29) is 0 Å². The number of rotatable bonds is 3. The maximum Gasteiger partial charge on any atom is 0.146 e. The zero-order chi connectivity index (χ0) is 14.1. The molecule has 0 atom stereocenters. The van der Waals surface area contributed by atoms with Crippen LogP contribution in [-0.4, -0.2) is 14.5 Å². The van der Waals surface area contributed by atoms with Crippen molar-refractivity contribution in [1.29, 1.82) is 0 Å². The third-order valence-electron chi connectivity index (χ3n) is 3.35. The fourth-order valence-corrected chi connectivity index (χ4v) is 3.62. The van der Waals surface area contributed by atoms with E-state index in [2.05, 4.69) is 49.5 Å². The summed E-state index contributed by atoms with van der Waals surface area (Å²) in [5.74, 6) is 0. The van der Waals surface area contributed by atoms with Crippen molar-refractivity contribution in [3.63, 3.8) is 0 Å². The molecule has 0 bridgehead atoms. The first kappa shape index (κ1) is 13.6. The molecular weight excluding hydrogens is 338 g/mol. The molecule has 0 spiro atoms. The maximum atomic E-state index is 6.21. The number of hydrogen-bond donors (Lipinski definition) is 0. The van der Waals surface area contributed by atoms with Gasteiger partial charge < -0.3 is 4.57 Å². The number of benzene rings is 1. The van der Waals surface area contributed by atoms with Crippen LogP contribution in [-0.2, 0) is 13.0 Å². The van der Waals surface area contributed by atoms with Crippen molar-refractivity contribution in [2.75, 3.05) is 0 Å². The van der Waals surface area contributed by atoms with Gasteiger partial charge in [0, 0.05) is 12.2 Å². The summed E-state index contributed by atoms with van der Waals surface area (Å²) < 4.78 is 3.19. The monoisotopic (exact) mass is 349 g/mol. The zero-order valence-corrected chi connectivity index (χ0v) is 13.3. The highest BCUT2D eigenvalue weighted by Crippen LogP contribution is 2.34. The molecule has 0 unspecified atom stereocenters. The van der Waals surface area contributed by atoms with Gasteiger partial charge in [-0.15, -0.1) is 0 Å². The number of fused-ring (bicyclic) bond motifs is 1. The lowest BCUT2D eigenvalue weighted by molar-refractivity contribution is 0.764. The van der Waals surface area contributed by atoms with Gasteiger partial charge in [0.2, 0.25) is 0 Å². The van der Waals surface area contributed by atoms with E-state index in [0.29, 0.717) is 5.15 Å². The number of aromatic nitrogens is 3. The summed E-state index contributed by atoms with van der Waals surface area (Å²) in [4.78, 5) is 8.48. The summed E-state index contributed by atoms with van der Waals surface area (Å²) in [7, 11) is 0. The zero-order valence-electron chi connectivity index (χ0n) is 11.0. The van der Waals surface area contributed by atoms with Gasteiger partial charge in [-0.3, -0.25) is 0 Å². The summed E-state index contributed by atoms with van der Waals surface area (Å²) in [5, 5.41) is 1.38. The summed E-state index contributed by atoms with van der Waals surface area (Å²) >= 11 is 9.85. The third kappa shape index (κ3) is 2.23. The van der Waals surface area contributed by atoms with E-state index in [1.165, 1.54) is 17.6 Å². The van der Waals surface area contributed by atoms with E-state index in [9.17, 15) is 0 Å². The molecule has 0 saturated heterocycles. The third-order valence-corrected chi connectivity index (χ3v) is 4.49. The van der Waals surface area contributed by atoms with Crippen molar-refractivity contribution in [1.82, 2.24) is 14.5 Å². The summed E-state index contributed by atoms with van der Waals surface area (Å²) in [6, 6.07) is 10.3. The molecule has 20 heavy (non-hydrogen) atoms. The van der Waals surface area contributed by atoms with Gasteiger partial charge in [-0.1, -0.05) is 48.9 Å². The Morgan fingerprint density at radius 1 is 1.20 bits per heavy atom. The van der Waals surface area contributed by atoms with Crippen molar-refractivity contribution in [2.24, 2.45) is 0 Å². The van der Waals surface area contributed by atoms with Crippen LogP contribution in [0.2, 0.25) is 5.15 Å². The molecule has 0 saturated carbocycles. The first-order valence-corrected chi connectivity index (χ1v) is 7.60. The first-order chi connectivity index (χ1) is 9.72. The van der Waals surface area contributed by atoms with Crippen LogP contribution in [0.25, 0.3) is 11.0 Å². The molecule has 1 aromatic carbocycles. The van der Waals surface area contributed by atoms with E-state index >= 15 is 0 Å². The highest BCUT2D eigenvalue weighted by Gasteiger charge is 2.18. The number of hydrogen-bond acceptors (Lipinski definition) is 2. The lowest BCUT2D eigenvalue weighted by atomic mass is 10.2. The molecule has 0 N–H and O–H groups in total. The van der Waals surface area contributed by atoms with Crippen LogP contribution >= 0.6 is 27.5 Å². The van der Waals surface area contributed by atoms with Gasteiger partial charge in [0.15, 0.2) is 0 Å². The normalized spacial score (nSPS) is 11.2. The second-order valence-electron chi connectivity index (χ2n) is 4.55. The maximum absolute atomic E-state index is 6.21. The Morgan fingerprint density at radius 2 is 1.95 bits per heavy atom. The number of halogens is 2. The van der Waals surface area contributed by atoms with Crippen molar-refractivity contribution >= 4 is 38.6 Å². The van der Waals surface area contributed by atoms with E-state index in [1.54, 1.807) is 0 Å². The van der Waals surface area contributed by atoms with Crippen molar-refractivity contribution in [3.05, 3.63) is 57.5 Å². The van der Waals surface area contributed by atoms with Gasteiger partial charge in [-0.2, -0.15) is 0 Å². The smallest absolute Gasteiger partial charge is 0.146 e. The second kappa shape index (κ2) is 5.54. The predicted octanol–water partition coefficient (Wildman–Crippen LogP) is 4.46. The Balaban J connectivity index is 2.21. The second-order valence-corrected chi connectivity index (χ2v) is 5.70.